The van der Waals surface area contributed by atoms with Gasteiger partial charge < -0.3 is 41.5 Å². The van der Waals surface area contributed by atoms with Crippen molar-refractivity contribution in [1.29, 1.82) is 0 Å². The molecule has 0 spiro atoms. The third-order valence-corrected chi connectivity index (χ3v) is 0.167. The fourth-order valence-corrected chi connectivity index (χ4v) is 0. The van der Waals surface area contributed by atoms with E-state index in [1.165, 1.54) is 0 Å². The zero-order chi connectivity index (χ0) is 17.7. The van der Waals surface area contributed by atoms with E-state index in [2.05, 4.69) is 0 Å². The molecule has 0 heterocycles. The van der Waals surface area contributed by atoms with Gasteiger partial charge in [-0.1, -0.05) is 0 Å². The van der Waals surface area contributed by atoms with Gasteiger partial charge >= 0.3 is 17.1 Å². The van der Waals surface area contributed by atoms with Crippen LogP contribution in [0.2, 0.25) is 0 Å². The van der Waals surface area contributed by atoms with Crippen LogP contribution in [0.1, 0.15) is 27.7 Å². The molecule has 0 unspecified atom stereocenters. The van der Waals surface area contributed by atoms with Crippen molar-refractivity contribution in [2.75, 3.05) is 13.1 Å². The Hall–Kier alpha value is -1.68. The van der Waals surface area contributed by atoms with Gasteiger partial charge in [0.1, 0.15) is 0 Å². The molecule has 131 valence electrons. The standard InChI is InChI=1S/C2H8N2.4C2H4O2.Cu/c3-1-2-4;4*1-2(3)4;/h1-4H2;4*1H3,(H,3,4);/q;;;;;+2/p-2. The third kappa shape index (κ3) is 10500. The van der Waals surface area contributed by atoms with Gasteiger partial charge in [0.2, 0.25) is 0 Å². The van der Waals surface area contributed by atoms with E-state index in [1.54, 1.807) is 0 Å². The predicted molar refractivity (Wildman–Crippen MR) is 66.1 cm³/mol. The predicted octanol–water partition coefficient (Wildman–Crippen LogP) is -3.40. The average Bonchev–Trinajstić information content (AvgIpc) is 2.13. The summed E-state index contributed by atoms with van der Waals surface area (Å²) < 4.78 is 0. The molecule has 0 aliphatic heterocycles. The van der Waals surface area contributed by atoms with Crippen molar-refractivity contribution in [2.45, 2.75) is 27.7 Å². The maximum Gasteiger partial charge on any atom is 2.00 e. The molecule has 6 N–H and O–H groups in total. The van der Waals surface area contributed by atoms with Crippen LogP contribution < -0.4 is 21.7 Å². The Morgan fingerprint density at radius 2 is 0.810 bits per heavy atom. The van der Waals surface area contributed by atoms with Gasteiger partial charge in [-0.05, 0) is 13.8 Å². The second-order valence-electron chi connectivity index (χ2n) is 2.60. The number of hydrogen-bond donors (Lipinski definition) is 4. The Balaban J connectivity index is -0.0000000331. The van der Waals surface area contributed by atoms with Crippen LogP contribution in [-0.2, 0) is 36.2 Å². The molecule has 0 fully saturated rings. The monoisotopic (exact) mass is 361 g/mol. The zero-order valence-electron chi connectivity index (χ0n) is 12.2. The van der Waals surface area contributed by atoms with Crippen LogP contribution in [0.3, 0.4) is 0 Å². The summed E-state index contributed by atoms with van der Waals surface area (Å²) in [5.41, 5.74) is 9.81. The van der Waals surface area contributed by atoms with E-state index in [0.717, 1.165) is 27.7 Å². The number of rotatable bonds is 1. The van der Waals surface area contributed by atoms with Crippen LogP contribution in [-0.4, -0.2) is 47.2 Å². The van der Waals surface area contributed by atoms with E-state index < -0.39 is 23.9 Å². The summed E-state index contributed by atoms with van der Waals surface area (Å²) in [6.07, 6.45) is 0. The van der Waals surface area contributed by atoms with Crippen molar-refractivity contribution in [3.8, 4) is 0 Å². The fourth-order valence-electron chi connectivity index (χ4n) is 0. The van der Waals surface area contributed by atoms with Crippen molar-refractivity contribution in [3.63, 3.8) is 0 Å². The molecule has 0 amide bonds. The molecule has 0 saturated carbocycles. The van der Waals surface area contributed by atoms with Crippen LogP contribution in [0.25, 0.3) is 0 Å². The maximum absolute atomic E-state index is 9.00. The van der Waals surface area contributed by atoms with Gasteiger partial charge in [0.05, 0.1) is 0 Å². The first-order valence-corrected chi connectivity index (χ1v) is 4.99. The van der Waals surface area contributed by atoms with Gasteiger partial charge in [0.15, 0.2) is 0 Å². The van der Waals surface area contributed by atoms with Gasteiger partial charge in [-0.2, -0.15) is 0 Å². The Kier molecular flexibility index (Phi) is 63.0. The molecule has 0 aliphatic rings. The number of carboxylic acids is 4. The number of carbonyl (C=O) groups excluding carboxylic acids is 2. The van der Waals surface area contributed by atoms with Crippen LogP contribution in [0.15, 0.2) is 0 Å². The second kappa shape index (κ2) is 36.2. The summed E-state index contributed by atoms with van der Waals surface area (Å²) in [6.45, 7) is 5.31. The summed E-state index contributed by atoms with van der Waals surface area (Å²) in [7, 11) is 0. The van der Waals surface area contributed by atoms with Crippen molar-refractivity contribution in [3.05, 3.63) is 0 Å². The fraction of sp³-hybridized carbons (Fsp3) is 0.600. The van der Waals surface area contributed by atoms with Gasteiger partial charge in [-0.25, -0.2) is 0 Å². The first-order chi connectivity index (χ1) is 8.84. The molecule has 11 heteroatoms. The smallest absolute Gasteiger partial charge is 0.550 e. The van der Waals surface area contributed by atoms with Crippen molar-refractivity contribution in [2.24, 2.45) is 11.5 Å². The second-order valence-corrected chi connectivity index (χ2v) is 2.60. The Morgan fingerprint density at radius 1 is 0.762 bits per heavy atom. The SMILES string of the molecule is CC(=O)O.CC(=O)O.CC(=O)[O-].CC(=O)[O-].NCCN.[Cu+2]. The van der Waals surface area contributed by atoms with E-state index in [9.17, 15) is 0 Å². The Labute approximate surface area is 133 Å². The molecule has 1 radical (unpaired) electrons. The Bertz CT molecular complexity index is 195. The minimum absolute atomic E-state index is 0. The number of carboxylic acid groups (broad SMARTS) is 4. The molecule has 0 aromatic rings. The van der Waals surface area contributed by atoms with Crippen molar-refractivity contribution < 1.29 is 56.7 Å². The maximum atomic E-state index is 9.00. The first-order valence-electron chi connectivity index (χ1n) is 4.99. The number of nitrogens with two attached hydrogens (primary N) is 2. The molecule has 0 atom stereocenters. The largest absolute Gasteiger partial charge is 2.00 e. The zero-order valence-corrected chi connectivity index (χ0v) is 13.2. The summed E-state index contributed by atoms with van der Waals surface area (Å²) in [5, 5.41) is 32.6. The molecule has 0 bridgehead atoms. The van der Waals surface area contributed by atoms with Crippen LogP contribution in [0, 0.1) is 0 Å². The number of hydrogen-bond acceptors (Lipinski definition) is 8. The van der Waals surface area contributed by atoms with E-state index >= 15 is 0 Å². The van der Waals surface area contributed by atoms with Gasteiger partial charge in [-0.15, -0.1) is 0 Å². The number of aliphatic carboxylic acids is 4. The van der Waals surface area contributed by atoms with Crippen molar-refractivity contribution >= 4 is 23.9 Å². The minimum Gasteiger partial charge on any atom is -0.550 e. The molecular weight excluding hydrogens is 340 g/mol. The molecule has 0 aromatic heterocycles. The molecule has 21 heavy (non-hydrogen) atoms. The normalized spacial score (nSPS) is 6.19. The minimum atomic E-state index is -1.08. The van der Waals surface area contributed by atoms with Crippen LogP contribution >= 0.6 is 0 Å². The van der Waals surface area contributed by atoms with E-state index in [0.29, 0.717) is 13.1 Å². The Morgan fingerprint density at radius 3 is 0.810 bits per heavy atom. The van der Waals surface area contributed by atoms with Crippen LogP contribution in [0.4, 0.5) is 0 Å². The molecule has 10 nitrogen and oxygen atoms in total. The van der Waals surface area contributed by atoms with Gasteiger partial charge in [0, 0.05) is 38.9 Å². The summed E-state index contributed by atoms with van der Waals surface area (Å²) >= 11 is 0. The van der Waals surface area contributed by atoms with E-state index in [-0.39, 0.29) is 17.1 Å². The quantitative estimate of drug-likeness (QED) is 0.340. The molecule has 0 aromatic carbocycles. The summed E-state index contributed by atoms with van der Waals surface area (Å²) in [4.78, 5) is 35.8. The third-order valence-electron chi connectivity index (χ3n) is 0.167. The molecule has 0 aliphatic carbocycles. The first kappa shape index (κ1) is 36.5. The van der Waals surface area contributed by atoms with Crippen LogP contribution in [0.5, 0.6) is 0 Å². The number of carbonyl (C=O) groups is 4. The van der Waals surface area contributed by atoms with E-state index in [4.69, 9.17) is 51.1 Å². The van der Waals surface area contributed by atoms with Gasteiger partial charge in [0.25, 0.3) is 11.9 Å². The van der Waals surface area contributed by atoms with E-state index in [1.807, 2.05) is 0 Å². The summed E-state index contributed by atoms with van der Waals surface area (Å²) in [5.74, 6) is -3.83. The van der Waals surface area contributed by atoms with Crippen molar-refractivity contribution in [1.82, 2.24) is 0 Å². The summed E-state index contributed by atoms with van der Waals surface area (Å²) in [6, 6.07) is 0. The molecular formula is C10H22CuN2O8. The average molecular weight is 362 g/mol. The topological polar surface area (TPSA) is 207 Å². The molecule has 0 rings (SSSR count). The van der Waals surface area contributed by atoms with Gasteiger partial charge in [-0.3, -0.25) is 9.59 Å². The molecule has 0 saturated heterocycles.